The van der Waals surface area contributed by atoms with Crippen LogP contribution < -0.4 is 5.32 Å². The van der Waals surface area contributed by atoms with E-state index in [4.69, 9.17) is 0 Å². The zero-order chi connectivity index (χ0) is 13.2. The Morgan fingerprint density at radius 2 is 2.11 bits per heavy atom. The highest BCUT2D eigenvalue weighted by Gasteiger charge is 2.35. The first-order chi connectivity index (χ1) is 8.50. The quantitative estimate of drug-likeness (QED) is 0.857. The molecule has 2 unspecified atom stereocenters. The van der Waals surface area contributed by atoms with Crippen molar-refractivity contribution >= 4 is 0 Å². The maximum Gasteiger partial charge on any atom is 0.0524 e. The summed E-state index contributed by atoms with van der Waals surface area (Å²) in [5.74, 6) is 0. The lowest BCUT2D eigenvalue weighted by atomic mass is 9.70. The zero-order valence-corrected chi connectivity index (χ0v) is 11.7. The van der Waals surface area contributed by atoms with Gasteiger partial charge in [-0.05, 0) is 49.3 Å². The maximum atomic E-state index is 9.37. The van der Waals surface area contributed by atoms with Crippen LogP contribution in [-0.4, -0.2) is 17.8 Å². The molecule has 0 bridgehead atoms. The Labute approximate surface area is 110 Å². The molecule has 100 valence electrons. The van der Waals surface area contributed by atoms with E-state index >= 15 is 0 Å². The average Bonchev–Trinajstić information content (AvgIpc) is 2.31. The molecule has 18 heavy (non-hydrogen) atoms. The van der Waals surface area contributed by atoms with Crippen molar-refractivity contribution in [2.75, 3.05) is 6.54 Å². The Morgan fingerprint density at radius 1 is 1.39 bits per heavy atom. The highest BCUT2D eigenvalue weighted by Crippen LogP contribution is 2.43. The standard InChI is InChI=1S/C16H25NO/c1-12(18)9-11-17-15-14-7-5-4-6-13(14)8-10-16(15,2)3/h4-7,12,15,17-18H,8-11H2,1-3H3. The Bertz CT molecular complexity index is 398. The number of hydrogen-bond donors (Lipinski definition) is 2. The predicted molar refractivity (Wildman–Crippen MR) is 75.6 cm³/mol. The molecule has 0 fully saturated rings. The molecular formula is C16H25NO. The fourth-order valence-corrected chi connectivity index (χ4v) is 2.89. The van der Waals surface area contributed by atoms with E-state index in [1.807, 2.05) is 6.92 Å². The number of aryl methyl sites for hydroxylation is 1. The molecule has 2 atom stereocenters. The van der Waals surface area contributed by atoms with Gasteiger partial charge in [0.05, 0.1) is 6.10 Å². The fourth-order valence-electron chi connectivity index (χ4n) is 2.89. The van der Waals surface area contributed by atoms with Crippen molar-refractivity contribution in [3.8, 4) is 0 Å². The summed E-state index contributed by atoms with van der Waals surface area (Å²) in [7, 11) is 0. The van der Waals surface area contributed by atoms with Crippen LogP contribution in [-0.2, 0) is 6.42 Å². The monoisotopic (exact) mass is 247 g/mol. The number of benzene rings is 1. The molecule has 1 aliphatic carbocycles. The summed E-state index contributed by atoms with van der Waals surface area (Å²) in [6.45, 7) is 7.40. The summed E-state index contributed by atoms with van der Waals surface area (Å²) < 4.78 is 0. The second kappa shape index (κ2) is 5.41. The second-order valence-electron chi connectivity index (χ2n) is 6.21. The van der Waals surface area contributed by atoms with Crippen LogP contribution in [0.4, 0.5) is 0 Å². The number of fused-ring (bicyclic) bond motifs is 1. The van der Waals surface area contributed by atoms with Gasteiger partial charge in [-0.1, -0.05) is 38.1 Å². The van der Waals surface area contributed by atoms with E-state index in [0.29, 0.717) is 6.04 Å². The summed E-state index contributed by atoms with van der Waals surface area (Å²) >= 11 is 0. The molecule has 0 saturated carbocycles. The maximum absolute atomic E-state index is 9.37. The topological polar surface area (TPSA) is 32.3 Å². The minimum Gasteiger partial charge on any atom is -0.393 e. The van der Waals surface area contributed by atoms with E-state index in [1.165, 1.54) is 24.0 Å². The van der Waals surface area contributed by atoms with E-state index in [-0.39, 0.29) is 11.5 Å². The minimum atomic E-state index is -0.223. The molecule has 1 aliphatic rings. The predicted octanol–water partition coefficient (Wildman–Crippen LogP) is 3.06. The normalized spacial score (nSPS) is 23.4. The first kappa shape index (κ1) is 13.6. The third kappa shape index (κ3) is 2.93. The van der Waals surface area contributed by atoms with Gasteiger partial charge in [-0.2, -0.15) is 0 Å². The van der Waals surface area contributed by atoms with Crippen LogP contribution in [0.1, 0.15) is 50.8 Å². The van der Waals surface area contributed by atoms with E-state index in [0.717, 1.165) is 13.0 Å². The summed E-state index contributed by atoms with van der Waals surface area (Å²) in [4.78, 5) is 0. The smallest absolute Gasteiger partial charge is 0.0524 e. The van der Waals surface area contributed by atoms with Crippen LogP contribution in [0.3, 0.4) is 0 Å². The van der Waals surface area contributed by atoms with Crippen molar-refractivity contribution in [3.05, 3.63) is 35.4 Å². The van der Waals surface area contributed by atoms with Gasteiger partial charge in [-0.25, -0.2) is 0 Å². The fraction of sp³-hybridized carbons (Fsp3) is 0.625. The number of aliphatic hydroxyl groups is 1. The van der Waals surface area contributed by atoms with E-state index in [1.54, 1.807) is 0 Å². The van der Waals surface area contributed by atoms with Crippen molar-refractivity contribution in [3.63, 3.8) is 0 Å². The minimum absolute atomic E-state index is 0.223. The molecule has 0 amide bonds. The van der Waals surface area contributed by atoms with Gasteiger partial charge >= 0.3 is 0 Å². The molecular weight excluding hydrogens is 222 g/mol. The Balaban J connectivity index is 2.14. The number of nitrogens with one attached hydrogen (secondary N) is 1. The molecule has 0 aromatic heterocycles. The Morgan fingerprint density at radius 3 is 2.83 bits per heavy atom. The molecule has 1 aromatic carbocycles. The van der Waals surface area contributed by atoms with E-state index in [2.05, 4.69) is 43.4 Å². The summed E-state index contributed by atoms with van der Waals surface area (Å²) in [5.41, 5.74) is 3.21. The first-order valence-electron chi connectivity index (χ1n) is 7.00. The van der Waals surface area contributed by atoms with Crippen LogP contribution in [0.25, 0.3) is 0 Å². The lowest BCUT2D eigenvalue weighted by molar-refractivity contribution is 0.167. The summed E-state index contributed by atoms with van der Waals surface area (Å²) in [5, 5.41) is 13.0. The molecule has 0 radical (unpaired) electrons. The van der Waals surface area contributed by atoms with Crippen molar-refractivity contribution in [2.24, 2.45) is 5.41 Å². The molecule has 2 rings (SSSR count). The van der Waals surface area contributed by atoms with Gasteiger partial charge in [0, 0.05) is 6.04 Å². The number of aliphatic hydroxyl groups excluding tert-OH is 1. The third-order valence-electron chi connectivity index (χ3n) is 4.10. The van der Waals surface area contributed by atoms with E-state index < -0.39 is 0 Å². The van der Waals surface area contributed by atoms with Gasteiger partial charge in [0.15, 0.2) is 0 Å². The lowest BCUT2D eigenvalue weighted by Gasteiger charge is -2.41. The molecule has 2 heteroatoms. The Kier molecular flexibility index (Phi) is 4.08. The highest BCUT2D eigenvalue weighted by atomic mass is 16.3. The second-order valence-corrected chi connectivity index (χ2v) is 6.21. The molecule has 2 N–H and O–H groups in total. The van der Waals surface area contributed by atoms with Crippen molar-refractivity contribution in [2.45, 2.75) is 52.2 Å². The van der Waals surface area contributed by atoms with Crippen LogP contribution in [0.5, 0.6) is 0 Å². The SMILES string of the molecule is CC(O)CCNC1c2ccccc2CCC1(C)C. The van der Waals surface area contributed by atoms with Crippen LogP contribution in [0.2, 0.25) is 0 Å². The van der Waals surface area contributed by atoms with Crippen molar-refractivity contribution in [1.29, 1.82) is 0 Å². The molecule has 2 nitrogen and oxygen atoms in total. The highest BCUT2D eigenvalue weighted by molar-refractivity contribution is 5.34. The summed E-state index contributed by atoms with van der Waals surface area (Å²) in [6, 6.07) is 9.15. The van der Waals surface area contributed by atoms with Gasteiger partial charge in [0.1, 0.15) is 0 Å². The van der Waals surface area contributed by atoms with Crippen molar-refractivity contribution in [1.82, 2.24) is 5.32 Å². The third-order valence-corrected chi connectivity index (χ3v) is 4.10. The van der Waals surface area contributed by atoms with Gasteiger partial charge in [0.25, 0.3) is 0 Å². The largest absolute Gasteiger partial charge is 0.393 e. The summed E-state index contributed by atoms with van der Waals surface area (Å²) in [6.07, 6.45) is 2.99. The molecule has 0 spiro atoms. The van der Waals surface area contributed by atoms with Crippen LogP contribution >= 0.6 is 0 Å². The zero-order valence-electron chi connectivity index (χ0n) is 11.7. The molecule has 0 heterocycles. The lowest BCUT2D eigenvalue weighted by Crippen LogP contribution is -2.39. The van der Waals surface area contributed by atoms with Crippen LogP contribution in [0, 0.1) is 5.41 Å². The van der Waals surface area contributed by atoms with Crippen molar-refractivity contribution < 1.29 is 5.11 Å². The van der Waals surface area contributed by atoms with Crippen LogP contribution in [0.15, 0.2) is 24.3 Å². The average molecular weight is 247 g/mol. The molecule has 0 saturated heterocycles. The van der Waals surface area contributed by atoms with Gasteiger partial charge in [-0.15, -0.1) is 0 Å². The first-order valence-corrected chi connectivity index (χ1v) is 7.00. The van der Waals surface area contributed by atoms with E-state index in [9.17, 15) is 5.11 Å². The Hall–Kier alpha value is -0.860. The number of hydrogen-bond acceptors (Lipinski definition) is 2. The van der Waals surface area contributed by atoms with Gasteiger partial charge in [-0.3, -0.25) is 0 Å². The van der Waals surface area contributed by atoms with Gasteiger partial charge < -0.3 is 10.4 Å². The molecule has 1 aromatic rings. The number of rotatable bonds is 4. The van der Waals surface area contributed by atoms with Gasteiger partial charge in [0.2, 0.25) is 0 Å². The molecule has 0 aliphatic heterocycles.